The molecule has 2 unspecified atom stereocenters. The van der Waals surface area contributed by atoms with Gasteiger partial charge in [-0.1, -0.05) is 42.5 Å². The highest BCUT2D eigenvalue weighted by Gasteiger charge is 2.42. The number of amides is 1. The van der Waals surface area contributed by atoms with Gasteiger partial charge in [0.15, 0.2) is 0 Å². The van der Waals surface area contributed by atoms with Crippen molar-refractivity contribution in [1.29, 1.82) is 0 Å². The van der Waals surface area contributed by atoms with Gasteiger partial charge in [-0.05, 0) is 29.7 Å². The zero-order valence-electron chi connectivity index (χ0n) is 13.1. The Bertz CT molecular complexity index is 730. The molecule has 3 rings (SSSR count). The number of hydrogen-bond donors (Lipinski definition) is 1. The summed E-state index contributed by atoms with van der Waals surface area (Å²) in [4.78, 5) is 26.0. The van der Waals surface area contributed by atoms with E-state index in [4.69, 9.17) is 0 Å². The van der Waals surface area contributed by atoms with Gasteiger partial charge in [-0.25, -0.2) is 4.39 Å². The first-order chi connectivity index (χ1) is 11.6. The fraction of sp³-hybridized carbons (Fsp3) is 0.263. The quantitative estimate of drug-likeness (QED) is 0.878. The smallest absolute Gasteiger partial charge is 0.316 e. The molecule has 2 aromatic rings. The number of carboxylic acids is 1. The average molecular weight is 327 g/mol. The number of nitrogens with zero attached hydrogens (tertiary/aromatic N) is 1. The van der Waals surface area contributed by atoms with E-state index in [1.165, 1.54) is 12.1 Å². The van der Waals surface area contributed by atoms with Crippen molar-refractivity contribution < 1.29 is 19.1 Å². The summed E-state index contributed by atoms with van der Waals surface area (Å²) in [5, 5.41) is 9.56. The van der Waals surface area contributed by atoms with Crippen LogP contribution in [0.1, 0.15) is 23.5 Å². The third kappa shape index (κ3) is 3.30. The second-order valence-corrected chi connectivity index (χ2v) is 6.01. The summed E-state index contributed by atoms with van der Waals surface area (Å²) >= 11 is 0. The molecule has 0 bridgehead atoms. The minimum Gasteiger partial charge on any atom is -0.481 e. The summed E-state index contributed by atoms with van der Waals surface area (Å²) in [5.41, 5.74) is 1.66. The van der Waals surface area contributed by atoms with Crippen LogP contribution in [0.25, 0.3) is 0 Å². The van der Waals surface area contributed by atoms with Gasteiger partial charge in [-0.15, -0.1) is 0 Å². The van der Waals surface area contributed by atoms with Crippen molar-refractivity contribution in [3.8, 4) is 0 Å². The number of piperidine rings is 1. The van der Waals surface area contributed by atoms with Crippen molar-refractivity contribution in [3.63, 3.8) is 0 Å². The molecule has 0 aliphatic carbocycles. The van der Waals surface area contributed by atoms with Crippen molar-refractivity contribution in [2.45, 2.75) is 18.9 Å². The molecule has 0 spiro atoms. The molecule has 1 saturated heterocycles. The SMILES string of the molecule is O=C(O)C1C(=O)N(Cc2ccccc2)CCC1c1ccc(F)cc1. The Hall–Kier alpha value is -2.69. The Morgan fingerprint density at radius 2 is 1.79 bits per heavy atom. The summed E-state index contributed by atoms with van der Waals surface area (Å²) < 4.78 is 13.1. The number of aliphatic carboxylic acids is 1. The number of benzene rings is 2. The summed E-state index contributed by atoms with van der Waals surface area (Å²) in [6.45, 7) is 0.888. The third-order valence-corrected chi connectivity index (χ3v) is 4.47. The van der Waals surface area contributed by atoms with E-state index in [1.807, 2.05) is 30.3 Å². The van der Waals surface area contributed by atoms with Crippen LogP contribution in [-0.4, -0.2) is 28.4 Å². The van der Waals surface area contributed by atoms with Crippen LogP contribution in [0.2, 0.25) is 0 Å². The molecule has 5 heteroatoms. The van der Waals surface area contributed by atoms with Gasteiger partial charge in [0.2, 0.25) is 5.91 Å². The Morgan fingerprint density at radius 1 is 1.12 bits per heavy atom. The van der Waals surface area contributed by atoms with Crippen molar-refractivity contribution in [2.75, 3.05) is 6.54 Å². The number of carbonyl (C=O) groups is 2. The number of carbonyl (C=O) groups excluding carboxylic acids is 1. The molecular formula is C19H18FNO3. The Morgan fingerprint density at radius 3 is 2.42 bits per heavy atom. The molecule has 0 saturated carbocycles. The highest BCUT2D eigenvalue weighted by atomic mass is 19.1. The molecule has 0 radical (unpaired) electrons. The van der Waals surface area contributed by atoms with E-state index in [0.717, 1.165) is 5.56 Å². The third-order valence-electron chi connectivity index (χ3n) is 4.47. The molecule has 1 N–H and O–H groups in total. The molecule has 4 nitrogen and oxygen atoms in total. The molecule has 1 fully saturated rings. The van der Waals surface area contributed by atoms with Crippen molar-refractivity contribution in [2.24, 2.45) is 5.92 Å². The maximum Gasteiger partial charge on any atom is 0.316 e. The summed E-state index contributed by atoms with van der Waals surface area (Å²) in [5.74, 6) is -3.45. The predicted octanol–water partition coefficient (Wildman–Crippen LogP) is 3.04. The maximum atomic E-state index is 13.1. The second-order valence-electron chi connectivity index (χ2n) is 6.01. The fourth-order valence-electron chi connectivity index (χ4n) is 3.25. The Labute approximate surface area is 139 Å². The fourth-order valence-corrected chi connectivity index (χ4v) is 3.25. The average Bonchev–Trinajstić information content (AvgIpc) is 2.58. The molecule has 1 amide bonds. The van der Waals surface area contributed by atoms with E-state index >= 15 is 0 Å². The zero-order chi connectivity index (χ0) is 17.1. The normalized spacial score (nSPS) is 20.9. The molecule has 1 heterocycles. The van der Waals surface area contributed by atoms with Gasteiger partial charge < -0.3 is 10.0 Å². The van der Waals surface area contributed by atoms with Gasteiger partial charge >= 0.3 is 5.97 Å². The van der Waals surface area contributed by atoms with Crippen molar-refractivity contribution in [3.05, 3.63) is 71.5 Å². The van der Waals surface area contributed by atoms with Crippen LogP contribution < -0.4 is 0 Å². The van der Waals surface area contributed by atoms with Gasteiger partial charge in [0.1, 0.15) is 11.7 Å². The Kier molecular flexibility index (Phi) is 4.60. The van der Waals surface area contributed by atoms with Gasteiger partial charge in [0, 0.05) is 19.0 Å². The van der Waals surface area contributed by atoms with Gasteiger partial charge in [0.25, 0.3) is 0 Å². The first-order valence-electron chi connectivity index (χ1n) is 7.87. The van der Waals surface area contributed by atoms with Crippen molar-refractivity contribution >= 4 is 11.9 Å². The van der Waals surface area contributed by atoms with Crippen LogP contribution in [0.5, 0.6) is 0 Å². The van der Waals surface area contributed by atoms with E-state index in [-0.39, 0.29) is 11.7 Å². The lowest BCUT2D eigenvalue weighted by molar-refractivity contribution is -0.155. The number of hydrogen-bond acceptors (Lipinski definition) is 2. The molecule has 0 aromatic heterocycles. The largest absolute Gasteiger partial charge is 0.481 e. The van der Waals surface area contributed by atoms with Gasteiger partial charge in [-0.2, -0.15) is 0 Å². The minimum absolute atomic E-state index is 0.376. The lowest BCUT2D eigenvalue weighted by Crippen LogP contribution is -2.47. The summed E-state index contributed by atoms with van der Waals surface area (Å²) in [7, 11) is 0. The predicted molar refractivity (Wildman–Crippen MR) is 86.7 cm³/mol. The number of carboxylic acid groups (broad SMARTS) is 1. The first-order valence-corrected chi connectivity index (χ1v) is 7.87. The topological polar surface area (TPSA) is 57.6 Å². The van der Waals surface area contributed by atoms with Crippen LogP contribution >= 0.6 is 0 Å². The zero-order valence-corrected chi connectivity index (χ0v) is 13.1. The van der Waals surface area contributed by atoms with E-state index in [1.54, 1.807) is 17.0 Å². The number of likely N-dealkylation sites (tertiary alicyclic amines) is 1. The number of halogens is 1. The lowest BCUT2D eigenvalue weighted by atomic mass is 9.79. The van der Waals surface area contributed by atoms with E-state index in [0.29, 0.717) is 25.1 Å². The van der Waals surface area contributed by atoms with E-state index < -0.39 is 17.8 Å². The van der Waals surface area contributed by atoms with E-state index in [9.17, 15) is 19.1 Å². The summed E-state index contributed by atoms with van der Waals surface area (Å²) in [6, 6.07) is 15.2. The maximum absolute atomic E-state index is 13.1. The standard InChI is InChI=1S/C19H18FNO3/c20-15-8-6-14(7-9-15)16-10-11-21(18(22)17(16)19(23)24)12-13-4-2-1-3-5-13/h1-9,16-17H,10-12H2,(H,23,24). The second kappa shape index (κ2) is 6.83. The first kappa shape index (κ1) is 16.2. The minimum atomic E-state index is -1.13. The van der Waals surface area contributed by atoms with Crippen molar-refractivity contribution in [1.82, 2.24) is 4.90 Å². The van der Waals surface area contributed by atoms with Crippen LogP contribution in [0, 0.1) is 11.7 Å². The summed E-state index contributed by atoms with van der Waals surface area (Å²) in [6.07, 6.45) is 0.543. The van der Waals surface area contributed by atoms with Gasteiger partial charge in [0.05, 0.1) is 0 Å². The van der Waals surface area contributed by atoms with Gasteiger partial charge in [-0.3, -0.25) is 9.59 Å². The van der Waals surface area contributed by atoms with Crippen LogP contribution in [0.4, 0.5) is 4.39 Å². The molecule has 1 aliphatic rings. The van der Waals surface area contributed by atoms with Crippen LogP contribution in [0.15, 0.2) is 54.6 Å². The highest BCUT2D eigenvalue weighted by molar-refractivity contribution is 5.98. The highest BCUT2D eigenvalue weighted by Crippen LogP contribution is 2.34. The molecule has 2 atom stereocenters. The monoisotopic (exact) mass is 327 g/mol. The van der Waals surface area contributed by atoms with E-state index in [2.05, 4.69) is 0 Å². The van der Waals surface area contributed by atoms with Crippen LogP contribution in [-0.2, 0) is 16.1 Å². The molecule has 1 aliphatic heterocycles. The lowest BCUT2D eigenvalue weighted by Gasteiger charge is -2.36. The molecule has 2 aromatic carbocycles. The van der Waals surface area contributed by atoms with Crippen LogP contribution in [0.3, 0.4) is 0 Å². The Balaban J connectivity index is 1.82. The number of rotatable bonds is 4. The molecular weight excluding hydrogens is 309 g/mol. The molecule has 24 heavy (non-hydrogen) atoms. The molecule has 124 valence electrons.